The highest BCUT2D eigenvalue weighted by molar-refractivity contribution is 5.96. The summed E-state index contributed by atoms with van der Waals surface area (Å²) in [6.07, 6.45) is 9.40. The summed E-state index contributed by atoms with van der Waals surface area (Å²) in [5.74, 6) is 0.869. The maximum absolute atomic E-state index is 12.3. The first-order valence-corrected chi connectivity index (χ1v) is 9.93. The van der Waals surface area contributed by atoms with Crippen molar-refractivity contribution in [1.29, 1.82) is 0 Å². The zero-order valence-electron chi connectivity index (χ0n) is 15.9. The lowest BCUT2D eigenvalue weighted by molar-refractivity contribution is 0.0954. The van der Waals surface area contributed by atoms with Gasteiger partial charge in [-0.2, -0.15) is 10.2 Å². The fourth-order valence-corrected chi connectivity index (χ4v) is 3.69. The van der Waals surface area contributed by atoms with E-state index in [4.69, 9.17) is 0 Å². The lowest BCUT2D eigenvalue weighted by Crippen LogP contribution is -2.24. The lowest BCUT2D eigenvalue weighted by Gasteiger charge is -2.20. The molecule has 5 nitrogen and oxygen atoms in total. The zero-order valence-corrected chi connectivity index (χ0v) is 15.9. The summed E-state index contributed by atoms with van der Waals surface area (Å²) < 4.78 is 0. The average Bonchev–Trinajstić information content (AvgIpc) is 2.67. The third-order valence-corrected chi connectivity index (χ3v) is 5.55. The van der Waals surface area contributed by atoms with Crippen LogP contribution in [0.5, 0.6) is 0 Å². The normalized spacial score (nSPS) is 26.7. The van der Waals surface area contributed by atoms with Crippen LogP contribution in [0.4, 0.5) is 5.69 Å². The Labute approximate surface area is 156 Å². The minimum atomic E-state index is -0.158. The van der Waals surface area contributed by atoms with Gasteiger partial charge >= 0.3 is 0 Å². The summed E-state index contributed by atoms with van der Waals surface area (Å²) >= 11 is 0. The molecule has 0 unspecified atom stereocenters. The summed E-state index contributed by atoms with van der Waals surface area (Å²) in [7, 11) is 0. The van der Waals surface area contributed by atoms with Gasteiger partial charge in [-0.15, -0.1) is 0 Å². The molecule has 1 aromatic rings. The topological polar surface area (TPSA) is 65.8 Å². The van der Waals surface area contributed by atoms with E-state index in [1.165, 1.54) is 37.8 Å². The van der Waals surface area contributed by atoms with Crippen LogP contribution in [0.15, 0.2) is 34.5 Å². The highest BCUT2D eigenvalue weighted by atomic mass is 16.2. The second-order valence-electron chi connectivity index (χ2n) is 7.63. The molecule has 5 heteroatoms. The van der Waals surface area contributed by atoms with Gasteiger partial charge in [0.25, 0.3) is 5.91 Å². The molecular formula is C21H30N4O. The van der Waals surface area contributed by atoms with Crippen molar-refractivity contribution in [3.63, 3.8) is 0 Å². The Bertz CT molecular complexity index is 678. The molecule has 0 radical (unpaired) electrons. The number of hydrogen-bond acceptors (Lipinski definition) is 4. The number of anilines is 1. The molecule has 2 aliphatic rings. The minimum Gasteiger partial charge on any atom is -0.279 e. The summed E-state index contributed by atoms with van der Waals surface area (Å²) in [5, 5.41) is 8.91. The van der Waals surface area contributed by atoms with Crippen LogP contribution in [-0.2, 0) is 0 Å². The summed E-state index contributed by atoms with van der Waals surface area (Å²) in [4.78, 5) is 12.3. The third-order valence-electron chi connectivity index (χ3n) is 5.55. The van der Waals surface area contributed by atoms with Crippen molar-refractivity contribution < 1.29 is 4.79 Å². The summed E-state index contributed by atoms with van der Waals surface area (Å²) in [6.45, 7) is 4.42. The predicted octanol–water partition coefficient (Wildman–Crippen LogP) is 4.96. The number of carbonyl (C=O) groups is 1. The number of nitrogens with one attached hydrogen (secondary N) is 2. The Balaban J connectivity index is 1.56. The van der Waals surface area contributed by atoms with E-state index in [0.29, 0.717) is 17.4 Å². The molecule has 0 aliphatic heterocycles. The molecule has 2 fully saturated rings. The van der Waals surface area contributed by atoms with Crippen molar-refractivity contribution in [1.82, 2.24) is 5.43 Å². The first-order valence-electron chi connectivity index (χ1n) is 9.93. The maximum Gasteiger partial charge on any atom is 0.271 e. The number of hydrazone groups is 2. The predicted molar refractivity (Wildman–Crippen MR) is 108 cm³/mol. The molecule has 2 saturated carbocycles. The fraction of sp³-hybridized carbons (Fsp3) is 0.571. The molecule has 2 atom stereocenters. The van der Waals surface area contributed by atoms with E-state index in [1.807, 2.05) is 24.3 Å². The van der Waals surface area contributed by atoms with Crippen LogP contribution < -0.4 is 10.9 Å². The van der Waals surface area contributed by atoms with Gasteiger partial charge in [0, 0.05) is 17.0 Å². The van der Waals surface area contributed by atoms with E-state index in [9.17, 15) is 4.79 Å². The quantitative estimate of drug-likeness (QED) is 0.751. The van der Waals surface area contributed by atoms with Gasteiger partial charge in [0.2, 0.25) is 0 Å². The maximum atomic E-state index is 12.3. The highest BCUT2D eigenvalue weighted by Crippen LogP contribution is 2.22. The molecule has 26 heavy (non-hydrogen) atoms. The van der Waals surface area contributed by atoms with Gasteiger partial charge < -0.3 is 0 Å². The molecule has 0 aromatic heterocycles. The van der Waals surface area contributed by atoms with E-state index in [2.05, 4.69) is 34.9 Å². The van der Waals surface area contributed by atoms with Crippen molar-refractivity contribution in [2.45, 2.75) is 65.2 Å². The first kappa shape index (κ1) is 18.6. The molecule has 2 aliphatic carbocycles. The van der Waals surface area contributed by atoms with Crippen LogP contribution in [0.3, 0.4) is 0 Å². The number of benzene rings is 1. The van der Waals surface area contributed by atoms with E-state index >= 15 is 0 Å². The van der Waals surface area contributed by atoms with Crippen molar-refractivity contribution in [3.05, 3.63) is 29.8 Å². The smallest absolute Gasteiger partial charge is 0.271 e. The summed E-state index contributed by atoms with van der Waals surface area (Å²) in [6, 6.07) is 7.41. The molecule has 3 rings (SSSR count). The van der Waals surface area contributed by atoms with Crippen LogP contribution in [0.2, 0.25) is 0 Å². The molecule has 140 valence electrons. The molecule has 0 bridgehead atoms. The molecule has 0 heterocycles. The number of amides is 1. The van der Waals surface area contributed by atoms with Crippen molar-refractivity contribution >= 4 is 23.0 Å². The van der Waals surface area contributed by atoms with Crippen LogP contribution in [-0.4, -0.2) is 17.3 Å². The molecule has 0 spiro atoms. The largest absolute Gasteiger partial charge is 0.279 e. The molecule has 2 N–H and O–H groups in total. The van der Waals surface area contributed by atoms with Gasteiger partial charge in [-0.1, -0.05) is 26.7 Å². The van der Waals surface area contributed by atoms with Gasteiger partial charge in [0.05, 0.1) is 5.69 Å². The molecular weight excluding hydrogens is 324 g/mol. The minimum absolute atomic E-state index is 0.158. The number of nitrogens with zero attached hydrogens (tertiary/aromatic N) is 2. The zero-order chi connectivity index (χ0) is 18.4. The standard InChI is InChI=1S/C21H30N4O/c1-15-7-3-5-9-19(15)23-22-18-13-11-17(12-14-18)21(26)25-24-20-10-6-4-8-16(20)2/h11-16,22H,3-10H2,1-2H3,(H,25,26)/b23-19?,24-20-/t15-,16-/m0/s1. The second kappa shape index (κ2) is 8.97. The second-order valence-corrected chi connectivity index (χ2v) is 7.63. The Kier molecular flexibility index (Phi) is 6.42. The van der Waals surface area contributed by atoms with E-state index < -0.39 is 0 Å². The Hall–Kier alpha value is -2.17. The first-order chi connectivity index (χ1) is 12.6. The average molecular weight is 354 g/mol. The third kappa shape index (κ3) is 4.93. The monoisotopic (exact) mass is 354 g/mol. The Morgan fingerprint density at radius 2 is 1.46 bits per heavy atom. The van der Waals surface area contributed by atoms with Gasteiger partial charge in [0.1, 0.15) is 0 Å². The van der Waals surface area contributed by atoms with E-state index in [0.717, 1.165) is 30.7 Å². The van der Waals surface area contributed by atoms with Crippen molar-refractivity contribution in [2.24, 2.45) is 22.0 Å². The Morgan fingerprint density at radius 1 is 0.885 bits per heavy atom. The molecule has 0 saturated heterocycles. The van der Waals surface area contributed by atoms with Crippen molar-refractivity contribution in [3.8, 4) is 0 Å². The highest BCUT2D eigenvalue weighted by Gasteiger charge is 2.17. The molecule has 1 aromatic carbocycles. The van der Waals surface area contributed by atoms with Crippen LogP contribution >= 0.6 is 0 Å². The van der Waals surface area contributed by atoms with Gasteiger partial charge in [-0.3, -0.25) is 10.2 Å². The molecule has 1 amide bonds. The number of hydrogen-bond donors (Lipinski definition) is 2. The lowest BCUT2D eigenvalue weighted by atomic mass is 9.89. The van der Waals surface area contributed by atoms with Crippen LogP contribution in [0.25, 0.3) is 0 Å². The van der Waals surface area contributed by atoms with Crippen LogP contribution in [0, 0.1) is 11.8 Å². The Morgan fingerprint density at radius 3 is 2.04 bits per heavy atom. The fourth-order valence-electron chi connectivity index (χ4n) is 3.69. The SMILES string of the molecule is C[C@H]1CCCCC1=NNc1ccc(C(=O)N/N=C2/CCCC[C@@H]2C)cc1. The van der Waals surface area contributed by atoms with Crippen LogP contribution in [0.1, 0.15) is 75.6 Å². The van der Waals surface area contributed by atoms with Gasteiger partial charge in [0.15, 0.2) is 0 Å². The number of carbonyl (C=O) groups excluding carboxylic acids is 1. The van der Waals surface area contributed by atoms with E-state index in [1.54, 1.807) is 0 Å². The number of rotatable bonds is 4. The van der Waals surface area contributed by atoms with Crippen molar-refractivity contribution in [2.75, 3.05) is 5.43 Å². The van der Waals surface area contributed by atoms with E-state index in [-0.39, 0.29) is 5.91 Å². The van der Waals surface area contributed by atoms with Gasteiger partial charge in [-0.25, -0.2) is 5.43 Å². The summed E-state index contributed by atoms with van der Waals surface area (Å²) in [5.41, 5.74) is 9.71. The van der Waals surface area contributed by atoms with Gasteiger partial charge in [-0.05, 0) is 74.6 Å².